The molecule has 0 aliphatic carbocycles. The summed E-state index contributed by atoms with van der Waals surface area (Å²) in [6, 6.07) is 5.29. The first-order valence-corrected chi connectivity index (χ1v) is 10.4. The van der Waals surface area contributed by atoms with E-state index in [1.807, 2.05) is 0 Å². The monoisotopic (exact) mass is 492 g/mol. The largest absolute Gasteiger partial charge is 0.507 e. The fraction of sp³-hybridized carbons (Fsp3) is 0.348. The van der Waals surface area contributed by atoms with Crippen LogP contribution in [0.25, 0.3) is 22.1 Å². The third kappa shape index (κ3) is 4.22. The van der Waals surface area contributed by atoms with Crippen molar-refractivity contribution in [2.24, 2.45) is 0 Å². The Morgan fingerprint density at radius 1 is 0.943 bits per heavy atom. The first-order chi connectivity index (χ1) is 16.7. The second kappa shape index (κ2) is 9.60. The van der Waals surface area contributed by atoms with Crippen molar-refractivity contribution in [2.75, 3.05) is 20.8 Å². The molecule has 35 heavy (non-hydrogen) atoms. The number of aliphatic hydroxyl groups excluding tert-OH is 4. The molecule has 4 rings (SSSR count). The minimum absolute atomic E-state index is 0.0655. The van der Waals surface area contributed by atoms with Crippen LogP contribution in [0, 0.1) is 0 Å². The fourth-order valence-electron chi connectivity index (χ4n) is 3.86. The van der Waals surface area contributed by atoms with Gasteiger partial charge in [-0.3, -0.25) is 4.79 Å². The van der Waals surface area contributed by atoms with Gasteiger partial charge in [-0.2, -0.15) is 0 Å². The molecule has 5 atom stereocenters. The summed E-state index contributed by atoms with van der Waals surface area (Å²) >= 11 is 0. The molecule has 6 N–H and O–H groups in total. The van der Waals surface area contributed by atoms with Gasteiger partial charge in [0.2, 0.25) is 17.5 Å². The average molecular weight is 492 g/mol. The van der Waals surface area contributed by atoms with Crippen LogP contribution in [0.3, 0.4) is 0 Å². The third-order valence-electron chi connectivity index (χ3n) is 5.73. The molecule has 0 spiro atoms. The molecule has 1 aliphatic rings. The predicted octanol–water partition coefficient (Wildman–Crippen LogP) is 0.0671. The molecule has 2 unspecified atom stereocenters. The predicted molar refractivity (Wildman–Crippen MR) is 119 cm³/mol. The molecular formula is C23H24O12. The SMILES string of the molecule is COc1cc(-c2coc3c(OC)c(O[C@@H]4OC(CO)[C@@H](O)[C@H](O)C4O)cc(O)c3c2=O)ccc1O. The highest BCUT2D eigenvalue weighted by molar-refractivity contribution is 5.93. The molecule has 1 saturated heterocycles. The van der Waals surface area contributed by atoms with Crippen LogP contribution in [-0.2, 0) is 4.74 Å². The van der Waals surface area contributed by atoms with Crippen LogP contribution in [0.5, 0.6) is 28.7 Å². The lowest BCUT2D eigenvalue weighted by Crippen LogP contribution is -2.60. The Morgan fingerprint density at radius 2 is 1.69 bits per heavy atom. The molecule has 12 nitrogen and oxygen atoms in total. The normalized spacial score (nSPS) is 24.3. The van der Waals surface area contributed by atoms with E-state index >= 15 is 0 Å². The van der Waals surface area contributed by atoms with Crippen LogP contribution in [0.1, 0.15) is 0 Å². The van der Waals surface area contributed by atoms with Gasteiger partial charge in [0.1, 0.15) is 41.8 Å². The summed E-state index contributed by atoms with van der Waals surface area (Å²) in [6.45, 7) is -0.662. The van der Waals surface area contributed by atoms with Gasteiger partial charge in [0.15, 0.2) is 22.8 Å². The summed E-state index contributed by atoms with van der Waals surface area (Å²) in [5, 5.41) is 59.8. The third-order valence-corrected chi connectivity index (χ3v) is 5.73. The van der Waals surface area contributed by atoms with Gasteiger partial charge < -0.3 is 54.0 Å². The molecular weight excluding hydrogens is 468 g/mol. The molecule has 0 bridgehead atoms. The molecule has 1 fully saturated rings. The summed E-state index contributed by atoms with van der Waals surface area (Å²) in [7, 11) is 2.61. The zero-order chi connectivity index (χ0) is 25.4. The van der Waals surface area contributed by atoms with E-state index < -0.39 is 48.5 Å². The zero-order valence-corrected chi connectivity index (χ0v) is 18.6. The average Bonchev–Trinajstić information content (AvgIpc) is 2.85. The maximum atomic E-state index is 13.2. The van der Waals surface area contributed by atoms with E-state index in [4.69, 9.17) is 23.4 Å². The molecule has 2 aromatic carbocycles. The summed E-state index contributed by atoms with van der Waals surface area (Å²) in [5.41, 5.74) is -0.369. The smallest absolute Gasteiger partial charge is 0.229 e. The van der Waals surface area contributed by atoms with Crippen molar-refractivity contribution < 1.29 is 54.0 Å². The fourth-order valence-corrected chi connectivity index (χ4v) is 3.86. The Kier molecular flexibility index (Phi) is 6.74. The van der Waals surface area contributed by atoms with Gasteiger partial charge in [0.25, 0.3) is 0 Å². The van der Waals surface area contributed by atoms with Gasteiger partial charge in [0.05, 0.1) is 26.4 Å². The maximum Gasteiger partial charge on any atom is 0.229 e. The quantitative estimate of drug-likeness (QED) is 0.272. The van der Waals surface area contributed by atoms with E-state index in [1.165, 1.54) is 32.4 Å². The standard InChI is InChI=1S/C23H24O12/c1-31-13-5-9(3-4-11(13)25)10-8-33-22-16(17(10)27)12(26)6-14(21(22)32-2)34-23-20(30)19(29)18(28)15(7-24)35-23/h3-6,8,15,18-20,23-26,28-30H,7H2,1-2H3/t15?,18-,19+,20?,23-/m1/s1. The van der Waals surface area contributed by atoms with E-state index in [1.54, 1.807) is 0 Å². The highest BCUT2D eigenvalue weighted by atomic mass is 16.7. The van der Waals surface area contributed by atoms with E-state index in [0.29, 0.717) is 5.56 Å². The Hall–Kier alpha value is -3.55. The zero-order valence-electron chi connectivity index (χ0n) is 18.6. The summed E-state index contributed by atoms with van der Waals surface area (Å²) < 4.78 is 26.9. The summed E-state index contributed by atoms with van der Waals surface area (Å²) in [4.78, 5) is 13.2. The number of phenolic OH excluding ortho intramolecular Hbond substituents is 2. The van der Waals surface area contributed by atoms with Crippen molar-refractivity contribution in [2.45, 2.75) is 30.7 Å². The first kappa shape index (κ1) is 24.6. The topological polar surface area (TPSA) is 189 Å². The number of hydrogen-bond acceptors (Lipinski definition) is 12. The Morgan fingerprint density at radius 3 is 2.34 bits per heavy atom. The van der Waals surface area contributed by atoms with Crippen molar-refractivity contribution in [3.05, 3.63) is 40.8 Å². The summed E-state index contributed by atoms with van der Waals surface area (Å²) in [6.07, 6.45) is -6.64. The van der Waals surface area contributed by atoms with E-state index in [2.05, 4.69) is 0 Å². The highest BCUT2D eigenvalue weighted by Crippen LogP contribution is 2.42. The van der Waals surface area contributed by atoms with Crippen LogP contribution in [0.4, 0.5) is 0 Å². The van der Waals surface area contributed by atoms with E-state index in [9.17, 15) is 35.4 Å². The Balaban J connectivity index is 1.78. The van der Waals surface area contributed by atoms with Gasteiger partial charge >= 0.3 is 0 Å². The lowest BCUT2D eigenvalue weighted by molar-refractivity contribution is -0.277. The van der Waals surface area contributed by atoms with Crippen LogP contribution in [0.2, 0.25) is 0 Å². The number of ether oxygens (including phenoxy) is 4. The lowest BCUT2D eigenvalue weighted by atomic mass is 9.99. The minimum atomic E-state index is -1.71. The van der Waals surface area contributed by atoms with Gasteiger partial charge in [0, 0.05) is 6.07 Å². The lowest BCUT2D eigenvalue weighted by Gasteiger charge is -2.39. The number of fused-ring (bicyclic) bond motifs is 1. The Labute approximate surface area is 197 Å². The molecule has 0 saturated carbocycles. The molecule has 3 aromatic rings. The number of aromatic hydroxyl groups is 2. The second-order valence-electron chi connectivity index (χ2n) is 7.81. The summed E-state index contributed by atoms with van der Waals surface area (Å²) in [5.74, 6) is -0.861. The molecule has 1 aromatic heterocycles. The van der Waals surface area contributed by atoms with E-state index in [-0.39, 0.29) is 39.5 Å². The highest BCUT2D eigenvalue weighted by Gasteiger charge is 2.45. The van der Waals surface area contributed by atoms with Gasteiger partial charge in [-0.25, -0.2) is 0 Å². The maximum absolute atomic E-state index is 13.2. The first-order valence-electron chi connectivity index (χ1n) is 10.4. The van der Waals surface area contributed by atoms with Crippen LogP contribution < -0.4 is 19.6 Å². The molecule has 1 aliphatic heterocycles. The van der Waals surface area contributed by atoms with Crippen molar-refractivity contribution >= 4 is 11.0 Å². The molecule has 188 valence electrons. The van der Waals surface area contributed by atoms with Crippen molar-refractivity contribution in [3.8, 4) is 39.9 Å². The number of aliphatic hydroxyl groups is 4. The minimum Gasteiger partial charge on any atom is -0.507 e. The Bertz CT molecular complexity index is 1280. The molecule has 12 heteroatoms. The number of hydrogen-bond donors (Lipinski definition) is 6. The number of methoxy groups -OCH3 is 2. The van der Waals surface area contributed by atoms with Gasteiger partial charge in [-0.15, -0.1) is 0 Å². The molecule has 2 heterocycles. The van der Waals surface area contributed by atoms with Crippen molar-refractivity contribution in [3.63, 3.8) is 0 Å². The molecule has 0 radical (unpaired) electrons. The van der Waals surface area contributed by atoms with Crippen LogP contribution in [-0.4, -0.2) is 82.2 Å². The van der Waals surface area contributed by atoms with Gasteiger partial charge in [-0.1, -0.05) is 6.07 Å². The molecule has 0 amide bonds. The van der Waals surface area contributed by atoms with Crippen molar-refractivity contribution in [1.82, 2.24) is 0 Å². The van der Waals surface area contributed by atoms with Crippen LogP contribution >= 0.6 is 0 Å². The van der Waals surface area contributed by atoms with Crippen LogP contribution in [0.15, 0.2) is 39.7 Å². The van der Waals surface area contributed by atoms with E-state index in [0.717, 1.165) is 12.3 Å². The number of phenols is 2. The second-order valence-corrected chi connectivity index (χ2v) is 7.81. The number of rotatable bonds is 6. The van der Waals surface area contributed by atoms with Gasteiger partial charge in [-0.05, 0) is 17.7 Å². The van der Waals surface area contributed by atoms with Crippen molar-refractivity contribution in [1.29, 1.82) is 0 Å². The number of benzene rings is 2.